The Hall–Kier alpha value is -3.35. The van der Waals surface area contributed by atoms with Crippen LogP contribution in [0.3, 0.4) is 0 Å². The van der Waals surface area contributed by atoms with Crippen molar-refractivity contribution >= 4 is 5.91 Å². The molecule has 1 aliphatic rings. The number of rotatable bonds is 3. The first-order chi connectivity index (χ1) is 13.5. The number of ether oxygens (including phenoxy) is 1. The number of aromatic nitrogens is 2. The van der Waals surface area contributed by atoms with Crippen LogP contribution in [0.5, 0.6) is 5.75 Å². The Morgan fingerprint density at radius 2 is 1.93 bits per heavy atom. The van der Waals surface area contributed by atoms with Gasteiger partial charge in [0, 0.05) is 42.4 Å². The normalized spacial score (nSPS) is 13.2. The van der Waals surface area contributed by atoms with Crippen LogP contribution in [0.1, 0.15) is 21.6 Å². The van der Waals surface area contributed by atoms with Gasteiger partial charge in [-0.25, -0.2) is 18.7 Å². The predicted octanol–water partition coefficient (Wildman–Crippen LogP) is 3.63. The van der Waals surface area contributed by atoms with Crippen molar-refractivity contribution in [3.05, 3.63) is 77.1 Å². The smallest absolute Gasteiger partial charge is 0.254 e. The summed E-state index contributed by atoms with van der Waals surface area (Å²) in [5, 5.41) is 0. The molecule has 0 unspecified atom stereocenters. The number of benzene rings is 2. The Bertz CT molecular complexity index is 1040. The lowest BCUT2D eigenvalue weighted by Crippen LogP contribution is -2.36. The van der Waals surface area contributed by atoms with Gasteiger partial charge >= 0.3 is 0 Å². The van der Waals surface area contributed by atoms with Crippen LogP contribution in [-0.2, 0) is 13.0 Å². The van der Waals surface area contributed by atoms with Gasteiger partial charge in [0.05, 0.1) is 12.8 Å². The van der Waals surface area contributed by atoms with Crippen LogP contribution in [0.2, 0.25) is 0 Å². The van der Waals surface area contributed by atoms with E-state index in [4.69, 9.17) is 4.74 Å². The highest BCUT2D eigenvalue weighted by atomic mass is 19.1. The van der Waals surface area contributed by atoms with Gasteiger partial charge in [0.25, 0.3) is 5.91 Å². The van der Waals surface area contributed by atoms with Crippen LogP contribution in [-0.4, -0.2) is 34.4 Å². The number of carbonyl (C=O) groups is 1. The zero-order valence-electron chi connectivity index (χ0n) is 15.2. The molecule has 0 bridgehead atoms. The van der Waals surface area contributed by atoms with Crippen LogP contribution >= 0.6 is 0 Å². The first kappa shape index (κ1) is 18.0. The van der Waals surface area contributed by atoms with Crippen molar-refractivity contribution in [1.29, 1.82) is 0 Å². The van der Waals surface area contributed by atoms with Gasteiger partial charge in [-0.2, -0.15) is 0 Å². The molecule has 0 saturated heterocycles. The first-order valence-electron chi connectivity index (χ1n) is 8.78. The Morgan fingerprint density at radius 3 is 2.64 bits per heavy atom. The summed E-state index contributed by atoms with van der Waals surface area (Å²) in [5.74, 6) is -0.517. The van der Waals surface area contributed by atoms with Gasteiger partial charge in [-0.3, -0.25) is 4.79 Å². The summed E-state index contributed by atoms with van der Waals surface area (Å²) < 4.78 is 31.9. The average Bonchev–Trinajstić information content (AvgIpc) is 2.73. The molecule has 0 N–H and O–H groups in total. The lowest BCUT2D eigenvalue weighted by Gasteiger charge is -2.28. The van der Waals surface area contributed by atoms with Crippen molar-refractivity contribution in [2.24, 2.45) is 0 Å². The molecule has 0 radical (unpaired) electrons. The molecule has 0 spiro atoms. The monoisotopic (exact) mass is 381 g/mol. The molecule has 142 valence electrons. The molecule has 5 nitrogen and oxygen atoms in total. The van der Waals surface area contributed by atoms with Crippen LogP contribution < -0.4 is 4.74 Å². The lowest BCUT2D eigenvalue weighted by atomic mass is 10.1. The number of methoxy groups -OCH3 is 1. The topological polar surface area (TPSA) is 55.3 Å². The van der Waals surface area contributed by atoms with Gasteiger partial charge in [-0.1, -0.05) is 0 Å². The molecule has 0 saturated carbocycles. The van der Waals surface area contributed by atoms with E-state index in [-0.39, 0.29) is 23.0 Å². The molecule has 1 aromatic heterocycles. The Morgan fingerprint density at radius 1 is 1.14 bits per heavy atom. The minimum atomic E-state index is -0.571. The molecule has 2 aromatic carbocycles. The number of hydrogen-bond donors (Lipinski definition) is 0. The van der Waals surface area contributed by atoms with Crippen molar-refractivity contribution in [3.63, 3.8) is 0 Å². The predicted molar refractivity (Wildman–Crippen MR) is 98.8 cm³/mol. The van der Waals surface area contributed by atoms with Gasteiger partial charge in [-0.15, -0.1) is 0 Å². The molecule has 3 aromatic rings. The number of halogens is 2. The molecule has 1 amide bonds. The first-order valence-corrected chi connectivity index (χ1v) is 8.78. The fourth-order valence-electron chi connectivity index (χ4n) is 3.21. The number of carbonyl (C=O) groups excluding carboxylic acids is 1. The van der Waals surface area contributed by atoms with E-state index in [0.29, 0.717) is 25.3 Å². The third-order valence-electron chi connectivity index (χ3n) is 4.72. The number of fused-ring (bicyclic) bond motifs is 1. The Labute approximate surface area is 160 Å². The second-order valence-corrected chi connectivity index (χ2v) is 6.50. The summed E-state index contributed by atoms with van der Waals surface area (Å²) in [5.41, 5.74) is 2.71. The maximum atomic E-state index is 13.9. The highest BCUT2D eigenvalue weighted by Gasteiger charge is 2.24. The van der Waals surface area contributed by atoms with E-state index in [1.54, 1.807) is 29.3 Å². The van der Waals surface area contributed by atoms with E-state index in [1.165, 1.54) is 31.4 Å². The molecule has 0 aliphatic carbocycles. The van der Waals surface area contributed by atoms with E-state index in [9.17, 15) is 13.6 Å². The van der Waals surface area contributed by atoms with Crippen molar-refractivity contribution < 1.29 is 18.3 Å². The third-order valence-corrected chi connectivity index (χ3v) is 4.72. The second kappa shape index (κ2) is 7.34. The molecule has 28 heavy (non-hydrogen) atoms. The maximum Gasteiger partial charge on any atom is 0.254 e. The fourth-order valence-corrected chi connectivity index (χ4v) is 3.21. The molecule has 4 rings (SSSR count). The molecule has 0 atom stereocenters. The second-order valence-electron chi connectivity index (χ2n) is 6.50. The number of amides is 1. The average molecular weight is 381 g/mol. The number of nitrogens with zero attached hydrogens (tertiary/aromatic N) is 3. The molecule has 7 heteroatoms. The largest absolute Gasteiger partial charge is 0.494 e. The molecule has 1 aliphatic heterocycles. The van der Waals surface area contributed by atoms with Crippen LogP contribution in [0, 0.1) is 11.6 Å². The minimum Gasteiger partial charge on any atom is -0.494 e. The summed E-state index contributed by atoms with van der Waals surface area (Å²) in [6.45, 7) is 0.824. The lowest BCUT2D eigenvalue weighted by molar-refractivity contribution is 0.0732. The van der Waals surface area contributed by atoms with Crippen molar-refractivity contribution in [2.45, 2.75) is 13.0 Å². The molecular formula is C21H17F2N3O2. The van der Waals surface area contributed by atoms with Crippen molar-refractivity contribution in [1.82, 2.24) is 14.9 Å². The quantitative estimate of drug-likeness (QED) is 0.695. The molecule has 0 fully saturated rings. The summed E-state index contributed by atoms with van der Waals surface area (Å²) in [4.78, 5) is 23.3. The summed E-state index contributed by atoms with van der Waals surface area (Å²) >= 11 is 0. The molecule has 2 heterocycles. The molecular weight excluding hydrogens is 364 g/mol. The Balaban J connectivity index is 1.54. The standard InChI is InChI=1S/C21H17F2N3O2/c1-28-19-7-4-14(10-17(19)23)21(27)26-9-8-18-15(12-26)11-24-20(25-18)13-2-5-16(22)6-3-13/h2-7,10-11H,8-9,12H2,1H3. The van der Waals surface area contributed by atoms with Crippen LogP contribution in [0.15, 0.2) is 48.7 Å². The fraction of sp³-hybridized carbons (Fsp3) is 0.190. The van der Waals surface area contributed by atoms with E-state index in [2.05, 4.69) is 9.97 Å². The minimum absolute atomic E-state index is 0.0993. The van der Waals surface area contributed by atoms with Crippen LogP contribution in [0.4, 0.5) is 8.78 Å². The van der Waals surface area contributed by atoms with Gasteiger partial charge < -0.3 is 9.64 Å². The number of hydrogen-bond acceptors (Lipinski definition) is 4. The highest BCUT2D eigenvalue weighted by molar-refractivity contribution is 5.94. The van der Waals surface area contributed by atoms with Crippen molar-refractivity contribution in [2.75, 3.05) is 13.7 Å². The van der Waals surface area contributed by atoms with Gasteiger partial charge in [0.15, 0.2) is 17.4 Å². The van der Waals surface area contributed by atoms with E-state index < -0.39 is 5.82 Å². The maximum absolute atomic E-state index is 13.9. The Kier molecular flexibility index (Phi) is 4.73. The van der Waals surface area contributed by atoms with Gasteiger partial charge in [-0.05, 0) is 42.5 Å². The summed E-state index contributed by atoms with van der Waals surface area (Å²) in [6.07, 6.45) is 2.26. The summed E-state index contributed by atoms with van der Waals surface area (Å²) in [7, 11) is 1.38. The zero-order valence-corrected chi connectivity index (χ0v) is 15.2. The third kappa shape index (κ3) is 3.43. The van der Waals surface area contributed by atoms with Gasteiger partial charge in [0.1, 0.15) is 5.82 Å². The van der Waals surface area contributed by atoms with Crippen LogP contribution in [0.25, 0.3) is 11.4 Å². The summed E-state index contributed by atoms with van der Waals surface area (Å²) in [6, 6.07) is 10.2. The SMILES string of the molecule is COc1ccc(C(=O)N2CCc3nc(-c4ccc(F)cc4)ncc3C2)cc1F. The van der Waals surface area contributed by atoms with Crippen molar-refractivity contribution in [3.8, 4) is 17.1 Å². The highest BCUT2D eigenvalue weighted by Crippen LogP contribution is 2.24. The van der Waals surface area contributed by atoms with Gasteiger partial charge in [0.2, 0.25) is 0 Å². The van der Waals surface area contributed by atoms with E-state index in [0.717, 1.165) is 16.8 Å². The van der Waals surface area contributed by atoms with E-state index in [1.807, 2.05) is 0 Å². The van der Waals surface area contributed by atoms with E-state index >= 15 is 0 Å². The zero-order chi connectivity index (χ0) is 19.7.